The van der Waals surface area contributed by atoms with Gasteiger partial charge < -0.3 is 14.6 Å². The van der Waals surface area contributed by atoms with Gasteiger partial charge in [-0.1, -0.05) is 30.3 Å². The summed E-state index contributed by atoms with van der Waals surface area (Å²) in [6, 6.07) is 15.2. The molecule has 0 spiro atoms. The number of methoxy groups -OCH3 is 1. The van der Waals surface area contributed by atoms with Crippen molar-refractivity contribution in [1.29, 1.82) is 0 Å². The van der Waals surface area contributed by atoms with Gasteiger partial charge in [-0.05, 0) is 36.2 Å². The maximum atomic E-state index is 12.0. The van der Waals surface area contributed by atoms with Crippen molar-refractivity contribution in [2.75, 3.05) is 7.11 Å². The third-order valence-corrected chi connectivity index (χ3v) is 4.26. The van der Waals surface area contributed by atoms with Gasteiger partial charge in [0.05, 0.1) is 19.7 Å². The Bertz CT molecular complexity index is 1050. The second-order valence-corrected chi connectivity index (χ2v) is 6.34. The van der Waals surface area contributed by atoms with Crippen molar-refractivity contribution in [3.8, 4) is 11.5 Å². The van der Waals surface area contributed by atoms with Crippen LogP contribution in [0.2, 0.25) is 0 Å². The van der Waals surface area contributed by atoms with Crippen molar-refractivity contribution in [3.63, 3.8) is 0 Å². The quantitative estimate of drug-likeness (QED) is 0.402. The van der Waals surface area contributed by atoms with Gasteiger partial charge in [-0.15, -0.1) is 0 Å². The Kier molecular flexibility index (Phi) is 6.47. The molecule has 1 aromatic heterocycles. The lowest BCUT2D eigenvalue weighted by Crippen LogP contribution is -2.23. The average Bonchev–Trinajstić information content (AvgIpc) is 3.05. The highest BCUT2D eigenvalue weighted by Gasteiger charge is 2.11. The maximum Gasteiger partial charge on any atom is 0.267 e. The fraction of sp³-hybridized carbons (Fsp3) is 0.190. The van der Waals surface area contributed by atoms with E-state index in [1.54, 1.807) is 32.2 Å². The van der Waals surface area contributed by atoms with Gasteiger partial charge in [0.1, 0.15) is 6.61 Å². The van der Waals surface area contributed by atoms with Gasteiger partial charge in [0.25, 0.3) is 5.56 Å². The molecule has 8 nitrogen and oxygen atoms in total. The SMILES string of the molecule is COc1cc(/C=N\NC(=O)Cc2c(C)[nH][nH]c2=O)ccc1OCc1ccccc1. The first-order chi connectivity index (χ1) is 14.1. The third kappa shape index (κ3) is 5.35. The second kappa shape index (κ2) is 9.41. The number of carbonyl (C=O) groups is 1. The van der Waals surface area contributed by atoms with Crippen LogP contribution in [-0.2, 0) is 17.8 Å². The average molecular weight is 394 g/mol. The Morgan fingerprint density at radius 2 is 1.93 bits per heavy atom. The number of rotatable bonds is 8. The summed E-state index contributed by atoms with van der Waals surface area (Å²) in [5, 5.41) is 9.06. The van der Waals surface area contributed by atoms with Crippen molar-refractivity contribution >= 4 is 12.1 Å². The van der Waals surface area contributed by atoms with Crippen LogP contribution in [0, 0.1) is 6.92 Å². The van der Waals surface area contributed by atoms with Crippen molar-refractivity contribution in [1.82, 2.24) is 15.6 Å². The first-order valence-corrected chi connectivity index (χ1v) is 8.99. The number of nitrogens with one attached hydrogen (secondary N) is 3. The number of hydrogen-bond acceptors (Lipinski definition) is 5. The Balaban J connectivity index is 1.59. The summed E-state index contributed by atoms with van der Waals surface area (Å²) in [5.41, 5.74) is 4.91. The van der Waals surface area contributed by atoms with Crippen LogP contribution in [-0.4, -0.2) is 29.4 Å². The second-order valence-electron chi connectivity index (χ2n) is 6.34. The highest BCUT2D eigenvalue weighted by Crippen LogP contribution is 2.28. The first kappa shape index (κ1) is 19.9. The number of ether oxygens (including phenoxy) is 2. The van der Waals surface area contributed by atoms with Gasteiger partial charge in [0.2, 0.25) is 5.91 Å². The minimum Gasteiger partial charge on any atom is -0.493 e. The summed E-state index contributed by atoms with van der Waals surface area (Å²) in [6.45, 7) is 2.15. The van der Waals surface area contributed by atoms with Crippen molar-refractivity contribution in [2.24, 2.45) is 5.10 Å². The lowest BCUT2D eigenvalue weighted by molar-refractivity contribution is -0.120. The Morgan fingerprint density at radius 1 is 1.14 bits per heavy atom. The van der Waals surface area contributed by atoms with E-state index in [9.17, 15) is 9.59 Å². The Labute approximate surface area is 167 Å². The highest BCUT2D eigenvalue weighted by molar-refractivity contribution is 5.84. The fourth-order valence-corrected chi connectivity index (χ4v) is 2.68. The molecule has 3 N–H and O–H groups in total. The lowest BCUT2D eigenvalue weighted by Gasteiger charge is -2.11. The topological polar surface area (TPSA) is 109 Å². The number of benzene rings is 2. The molecule has 3 rings (SSSR count). The molecule has 0 unspecified atom stereocenters. The molecule has 2 aromatic carbocycles. The van der Waals surface area contributed by atoms with E-state index in [0.29, 0.717) is 29.4 Å². The zero-order valence-corrected chi connectivity index (χ0v) is 16.2. The van der Waals surface area contributed by atoms with E-state index >= 15 is 0 Å². The standard InChI is InChI=1S/C21H22N4O4/c1-14-17(21(27)25-23-14)11-20(26)24-22-12-16-8-9-18(19(10-16)28-2)29-13-15-6-4-3-5-7-15/h3-10,12H,11,13H2,1-2H3,(H,24,26)(H2,23,25,27)/b22-12-. The van der Waals surface area contributed by atoms with Crippen LogP contribution in [0.15, 0.2) is 58.4 Å². The molecular formula is C21H22N4O4. The smallest absolute Gasteiger partial charge is 0.267 e. The molecule has 29 heavy (non-hydrogen) atoms. The van der Waals surface area contributed by atoms with E-state index in [4.69, 9.17) is 9.47 Å². The molecule has 0 fully saturated rings. The molecule has 1 heterocycles. The molecule has 150 valence electrons. The third-order valence-electron chi connectivity index (χ3n) is 4.26. The number of amides is 1. The molecule has 3 aromatic rings. The number of aryl methyl sites for hydroxylation is 1. The first-order valence-electron chi connectivity index (χ1n) is 8.99. The molecule has 0 saturated carbocycles. The van der Waals surface area contributed by atoms with Crippen LogP contribution in [0.5, 0.6) is 11.5 Å². The zero-order valence-electron chi connectivity index (χ0n) is 16.2. The van der Waals surface area contributed by atoms with Crippen LogP contribution >= 0.6 is 0 Å². The van der Waals surface area contributed by atoms with Crippen molar-refractivity contribution in [2.45, 2.75) is 20.0 Å². The predicted molar refractivity (Wildman–Crippen MR) is 109 cm³/mol. The number of aromatic nitrogens is 2. The van der Waals surface area contributed by atoms with Gasteiger partial charge >= 0.3 is 0 Å². The van der Waals surface area contributed by atoms with E-state index in [-0.39, 0.29) is 17.9 Å². The molecule has 0 radical (unpaired) electrons. The van der Waals surface area contributed by atoms with E-state index in [1.165, 1.54) is 6.21 Å². The van der Waals surface area contributed by atoms with Gasteiger partial charge in [0, 0.05) is 11.3 Å². The minimum atomic E-state index is -0.385. The van der Waals surface area contributed by atoms with Gasteiger partial charge in [-0.2, -0.15) is 5.10 Å². The summed E-state index contributed by atoms with van der Waals surface area (Å²) in [7, 11) is 1.56. The number of hydrogen-bond donors (Lipinski definition) is 3. The van der Waals surface area contributed by atoms with E-state index in [2.05, 4.69) is 20.7 Å². The molecule has 0 aliphatic heterocycles. The van der Waals surface area contributed by atoms with Crippen molar-refractivity contribution < 1.29 is 14.3 Å². The molecule has 0 saturated heterocycles. The molecule has 8 heteroatoms. The molecule has 1 amide bonds. The molecule has 0 bridgehead atoms. The predicted octanol–water partition coefficient (Wildman–Crippen LogP) is 2.29. The number of nitrogens with zero attached hydrogens (tertiary/aromatic N) is 1. The number of carbonyl (C=O) groups excluding carboxylic acids is 1. The molecule has 0 atom stereocenters. The summed E-state index contributed by atoms with van der Waals surface area (Å²) >= 11 is 0. The lowest BCUT2D eigenvalue weighted by atomic mass is 10.2. The van der Waals surface area contributed by atoms with Gasteiger partial charge in [-0.3, -0.25) is 14.7 Å². The Morgan fingerprint density at radius 3 is 2.62 bits per heavy atom. The molecule has 0 aliphatic rings. The Hall–Kier alpha value is -3.81. The summed E-state index contributed by atoms with van der Waals surface area (Å²) in [4.78, 5) is 23.6. The van der Waals surface area contributed by atoms with Crippen LogP contribution in [0.4, 0.5) is 0 Å². The van der Waals surface area contributed by atoms with E-state index in [1.807, 2.05) is 30.3 Å². The summed E-state index contributed by atoms with van der Waals surface area (Å²) in [6.07, 6.45) is 1.44. The summed E-state index contributed by atoms with van der Waals surface area (Å²) in [5.74, 6) is 0.787. The van der Waals surface area contributed by atoms with Crippen molar-refractivity contribution in [3.05, 3.63) is 81.3 Å². The minimum absolute atomic E-state index is 0.0579. The van der Waals surface area contributed by atoms with Gasteiger partial charge in [-0.25, -0.2) is 5.43 Å². The fourth-order valence-electron chi connectivity index (χ4n) is 2.68. The van der Waals surface area contributed by atoms with Gasteiger partial charge in [0.15, 0.2) is 11.5 Å². The van der Waals surface area contributed by atoms with E-state index in [0.717, 1.165) is 11.1 Å². The van der Waals surface area contributed by atoms with Crippen LogP contribution in [0.1, 0.15) is 22.4 Å². The maximum absolute atomic E-state index is 12.0. The van der Waals surface area contributed by atoms with Crippen LogP contribution in [0.25, 0.3) is 0 Å². The molecular weight excluding hydrogens is 372 g/mol. The normalized spacial score (nSPS) is 10.8. The van der Waals surface area contributed by atoms with Crippen LogP contribution < -0.4 is 20.5 Å². The zero-order chi connectivity index (χ0) is 20.6. The van der Waals surface area contributed by atoms with E-state index < -0.39 is 0 Å². The van der Waals surface area contributed by atoms with Crippen LogP contribution in [0.3, 0.4) is 0 Å². The summed E-state index contributed by atoms with van der Waals surface area (Å²) < 4.78 is 11.2. The number of H-pyrrole nitrogens is 2. The highest BCUT2D eigenvalue weighted by atomic mass is 16.5. The number of aromatic amines is 2. The monoisotopic (exact) mass is 394 g/mol. The molecule has 0 aliphatic carbocycles. The largest absolute Gasteiger partial charge is 0.493 e. The number of hydrazone groups is 1.